The predicted molar refractivity (Wildman–Crippen MR) is 261 cm³/mol. The third kappa shape index (κ3) is 10.2. The largest absolute Gasteiger partial charge is 0.477 e. The van der Waals surface area contributed by atoms with Gasteiger partial charge in [-0.15, -0.1) is 21.4 Å². The number of carbonyl (C=O) groups is 1. The summed E-state index contributed by atoms with van der Waals surface area (Å²) >= 11 is 0. The van der Waals surface area contributed by atoms with Crippen LogP contribution in [0.4, 0.5) is 8.78 Å². The van der Waals surface area contributed by atoms with Gasteiger partial charge in [-0.25, -0.2) is 9.78 Å². The van der Waals surface area contributed by atoms with Crippen LogP contribution < -0.4 is 0 Å². The van der Waals surface area contributed by atoms with Crippen molar-refractivity contribution in [3.05, 3.63) is 230 Å². The summed E-state index contributed by atoms with van der Waals surface area (Å²) < 4.78 is 30.5. The maximum atomic E-state index is 13.2. The molecule has 4 aromatic heterocycles. The van der Waals surface area contributed by atoms with Gasteiger partial charge in [-0.05, 0) is 83.6 Å². The Balaban J connectivity index is 0.000000191. The maximum Gasteiger partial charge on any atom is 0.354 e. The molecule has 0 saturated carbocycles. The van der Waals surface area contributed by atoms with Crippen LogP contribution in [0.25, 0.3) is 77.4 Å². The van der Waals surface area contributed by atoms with E-state index in [1.807, 2.05) is 0 Å². The summed E-state index contributed by atoms with van der Waals surface area (Å²) in [4.78, 5) is 17.7. The molecule has 4 heterocycles. The first-order valence-corrected chi connectivity index (χ1v) is 21.2. The van der Waals surface area contributed by atoms with E-state index in [1.54, 1.807) is 36.5 Å². The van der Waals surface area contributed by atoms with Gasteiger partial charge in [0.05, 0.1) is 29.9 Å². The number of hydrogen-bond donors (Lipinski definition) is 1. The van der Waals surface area contributed by atoms with Crippen LogP contribution in [0.3, 0.4) is 0 Å². The zero-order valence-electron chi connectivity index (χ0n) is 34.7. The van der Waals surface area contributed by atoms with E-state index in [0.29, 0.717) is 11.8 Å². The third-order valence-corrected chi connectivity index (χ3v) is 10.4. The van der Waals surface area contributed by atoms with Crippen molar-refractivity contribution in [1.82, 2.24) is 19.1 Å². The first-order chi connectivity index (χ1) is 31.4. The average molecular weight is 1050 g/mol. The molecule has 11 aromatic rings. The fourth-order valence-corrected chi connectivity index (χ4v) is 7.65. The van der Waals surface area contributed by atoms with E-state index in [0.717, 1.165) is 12.1 Å². The van der Waals surface area contributed by atoms with Gasteiger partial charge in [0.15, 0.2) is 0 Å². The van der Waals surface area contributed by atoms with Crippen molar-refractivity contribution in [2.75, 3.05) is 6.06 Å². The number of hydrogen-bond acceptors (Lipinski definition) is 3. The second-order valence-electron chi connectivity index (χ2n) is 14.3. The number of aromatic nitrogens is 4. The Hall–Kier alpha value is -7.09. The zero-order valence-corrected chi connectivity index (χ0v) is 38.3. The minimum absolute atomic E-state index is 0. The van der Waals surface area contributed by atoms with Gasteiger partial charge in [0.1, 0.15) is 5.69 Å². The second-order valence-corrected chi connectivity index (χ2v) is 14.8. The van der Waals surface area contributed by atoms with Crippen molar-refractivity contribution < 1.29 is 38.8 Å². The molecule has 0 fully saturated rings. The molecule has 0 aliphatic carbocycles. The van der Waals surface area contributed by atoms with E-state index in [2.05, 4.69) is 180 Å². The molecule has 1 N–H and O–H groups in total. The number of pyridine rings is 2. The van der Waals surface area contributed by atoms with Gasteiger partial charge in [-0.1, -0.05) is 133 Å². The number of rotatable bonds is 5. The predicted octanol–water partition coefficient (Wildman–Crippen LogP) is 13.1. The maximum absolute atomic E-state index is 13.2. The molecule has 11 heteroatoms. The van der Waals surface area contributed by atoms with Gasteiger partial charge in [-0.2, -0.15) is 0 Å². The smallest absolute Gasteiger partial charge is 0.354 e. The summed E-state index contributed by atoms with van der Waals surface area (Å²) in [5.41, 5.74) is 10.4. The number of carboxylic acids is 1. The van der Waals surface area contributed by atoms with Crippen LogP contribution in [0, 0.1) is 17.7 Å². The molecular formula is C54H39BF2IrN4O2P-. The molecule has 3 radical (unpaired) electrons. The fourth-order valence-electron chi connectivity index (χ4n) is 7.65. The fraction of sp³-hybridized carbons (Fsp3) is 0.0185. The average Bonchev–Trinajstić information content (AvgIpc) is 3.86. The number of para-hydroxylation sites is 4. The third-order valence-electron chi connectivity index (χ3n) is 10.4. The van der Waals surface area contributed by atoms with Crippen LogP contribution in [-0.2, 0) is 20.1 Å². The summed E-state index contributed by atoms with van der Waals surface area (Å²) in [6.45, 7) is 0. The molecule has 0 saturated heterocycles. The normalized spacial score (nSPS) is 10.5. The molecule has 11 rings (SSSR count). The van der Waals surface area contributed by atoms with E-state index < -0.39 is 17.6 Å². The van der Waals surface area contributed by atoms with E-state index >= 15 is 0 Å². The quantitative estimate of drug-likeness (QED) is 0.106. The number of aromatic carboxylic acids is 1. The Bertz CT molecular complexity index is 3070. The molecule has 0 aliphatic heterocycles. The van der Waals surface area contributed by atoms with Gasteiger partial charge >= 0.3 is 5.97 Å². The standard InChI is InChI=1S/C36H24N2.C11H6F2N.C6H5NO2.CH4BP.Ir/c1-5-13-33-29(9-1)30-10-2-6-14-34(30)37(33)27-21-17-25(18-22-27)26-19-23-28(24-20-26)38-35-15-7-3-11-31(35)32-12-4-8-16-36(32)38;12-8-4-5-9(10(13)7-8)11-3-1-2-6-14-11;8-6(9)5-3-1-2-4-7-5;2-1-3;/h1-24H;1-4,6-7H;1-4H,(H,8,9);1,3H2;/q;-1;;;. The molecule has 0 amide bonds. The van der Waals surface area contributed by atoms with Crippen molar-refractivity contribution in [3.63, 3.8) is 0 Å². The molecule has 0 bridgehead atoms. The van der Waals surface area contributed by atoms with Gasteiger partial charge in [-0.3, -0.25) is 8.78 Å². The molecule has 1 unspecified atom stereocenters. The number of carboxylic acid groups (broad SMARTS) is 1. The van der Waals surface area contributed by atoms with E-state index in [-0.39, 0.29) is 31.4 Å². The van der Waals surface area contributed by atoms with Gasteiger partial charge in [0, 0.05) is 77.1 Å². The Morgan fingerprint density at radius 3 is 1.29 bits per heavy atom. The van der Waals surface area contributed by atoms with Crippen LogP contribution in [0.2, 0.25) is 0 Å². The molecule has 6 nitrogen and oxygen atoms in total. The van der Waals surface area contributed by atoms with Crippen molar-refractivity contribution in [3.8, 4) is 33.8 Å². The van der Waals surface area contributed by atoms with Crippen molar-refractivity contribution >= 4 is 66.7 Å². The summed E-state index contributed by atoms with van der Waals surface area (Å²) in [5, 5.41) is 13.5. The van der Waals surface area contributed by atoms with Gasteiger partial charge in [0.2, 0.25) is 0 Å². The van der Waals surface area contributed by atoms with E-state index in [1.165, 1.54) is 78.4 Å². The number of nitrogens with zero attached hydrogens (tertiary/aromatic N) is 4. The van der Waals surface area contributed by atoms with Crippen molar-refractivity contribution in [1.29, 1.82) is 0 Å². The molecule has 0 spiro atoms. The van der Waals surface area contributed by atoms with Crippen molar-refractivity contribution in [2.45, 2.75) is 0 Å². The molecule has 0 aliphatic rings. The number of benzene rings is 7. The van der Waals surface area contributed by atoms with Crippen molar-refractivity contribution in [2.24, 2.45) is 0 Å². The van der Waals surface area contributed by atoms with Crippen LogP contribution >= 0.6 is 9.24 Å². The van der Waals surface area contributed by atoms with E-state index in [4.69, 9.17) is 13.0 Å². The minimum Gasteiger partial charge on any atom is -0.477 e. The van der Waals surface area contributed by atoms with Crippen LogP contribution in [0.5, 0.6) is 0 Å². The SMILES string of the molecule is Fc1c[c-]c(-c2ccccn2)c(F)c1.O=C(O)c1ccccn1.[B]CP.[Ir].c1ccc2c(c1)c1ccccc1n2-c1ccc(-c2ccc(-n3c4ccccc4c4ccccc43)cc2)cc1. The van der Waals surface area contributed by atoms with E-state index in [9.17, 15) is 13.6 Å². The minimum atomic E-state index is -0.990. The van der Waals surface area contributed by atoms with Crippen LogP contribution in [0.15, 0.2) is 207 Å². The molecule has 319 valence electrons. The number of fused-ring (bicyclic) bond motifs is 6. The summed E-state index contributed by atoms with van der Waals surface area (Å²) in [7, 11) is 7.17. The number of halogens is 2. The zero-order chi connectivity index (χ0) is 44.4. The summed E-state index contributed by atoms with van der Waals surface area (Å²) in [5.74, 6) is -2.28. The Morgan fingerprint density at radius 1 is 0.569 bits per heavy atom. The first-order valence-electron chi connectivity index (χ1n) is 20.4. The molecule has 7 aromatic carbocycles. The summed E-state index contributed by atoms with van der Waals surface area (Å²) in [6, 6.07) is 67.4. The second kappa shape index (κ2) is 21.5. The van der Waals surface area contributed by atoms with Crippen LogP contribution in [-0.4, -0.2) is 44.1 Å². The molecule has 1 atom stereocenters. The molecular weight excluding hydrogens is 1010 g/mol. The Kier molecular flexibility index (Phi) is 15.2. The first kappa shape index (κ1) is 45.9. The summed E-state index contributed by atoms with van der Waals surface area (Å²) in [6.07, 6.45) is 3.00. The Morgan fingerprint density at radius 2 is 0.954 bits per heavy atom. The monoisotopic (exact) mass is 1050 g/mol. The van der Waals surface area contributed by atoms with Gasteiger partial charge < -0.3 is 19.2 Å². The Labute approximate surface area is 392 Å². The van der Waals surface area contributed by atoms with Gasteiger partial charge in [0.25, 0.3) is 0 Å². The van der Waals surface area contributed by atoms with Crippen LogP contribution in [0.1, 0.15) is 10.5 Å². The topological polar surface area (TPSA) is 72.9 Å². The molecule has 65 heavy (non-hydrogen) atoms.